The van der Waals surface area contributed by atoms with E-state index in [0.29, 0.717) is 30.9 Å². The van der Waals surface area contributed by atoms with Gasteiger partial charge in [-0.05, 0) is 99.8 Å². The van der Waals surface area contributed by atoms with Gasteiger partial charge in [-0.2, -0.15) is 4.31 Å². The van der Waals surface area contributed by atoms with Gasteiger partial charge in [0.15, 0.2) is 0 Å². The number of sulfonamides is 2. The van der Waals surface area contributed by atoms with Crippen LogP contribution in [0.1, 0.15) is 50.4 Å². The number of rotatable bonds is 11. The Labute approximate surface area is 301 Å². The summed E-state index contributed by atoms with van der Waals surface area (Å²) < 4.78 is 80.3. The molecule has 4 rings (SSSR count). The van der Waals surface area contributed by atoms with Gasteiger partial charge in [-0.1, -0.05) is 6.92 Å². The molecule has 0 spiro atoms. The number of likely N-dealkylation sites (N-methyl/N-ethyl adjacent to an activating group) is 1. The van der Waals surface area contributed by atoms with Crippen molar-refractivity contribution in [2.75, 3.05) is 52.3 Å². The van der Waals surface area contributed by atoms with Crippen molar-refractivity contribution in [3.63, 3.8) is 0 Å². The lowest BCUT2D eigenvalue weighted by atomic mass is 10.0. The number of nitrogens with one attached hydrogen (secondary N) is 1. The third-order valence-electron chi connectivity index (χ3n) is 8.88. The largest absolute Gasteiger partial charge is 0.497 e. The zero-order valence-electron chi connectivity index (χ0n) is 29.9. The third-order valence-corrected chi connectivity index (χ3v) is 12.1. The lowest BCUT2D eigenvalue weighted by molar-refractivity contribution is -0.00833. The Morgan fingerprint density at radius 3 is 2.14 bits per heavy atom. The second-order valence-electron chi connectivity index (χ2n) is 12.8. The predicted octanol–water partition coefficient (Wildman–Crippen LogP) is 4.62. The topological polar surface area (TPSA) is 161 Å². The summed E-state index contributed by atoms with van der Waals surface area (Å²) in [7, 11) is -3.43. The summed E-state index contributed by atoms with van der Waals surface area (Å²) in [5.74, 6) is 0.427. The lowest BCUT2D eigenvalue weighted by Crippen LogP contribution is -2.48. The van der Waals surface area contributed by atoms with Crippen LogP contribution in [0.2, 0.25) is 0 Å². The number of nitrogens with zero attached hydrogens (tertiary/aromatic N) is 2. The molecule has 3 aromatic rings. The standard InChI is InChI=1S/C36H49N3O10S2/c1-25-22-39(26(2)24-40)36(41)33-21-28(37-50(42,43)31-15-11-29(46-5)12-16-31)10-19-34(33)49-27(3)9-7-8-20-48-35(25)23-38(4)51(44,45)32-17-13-30(47-6)14-18-32/h10-19,21,25-27,35,37,40H,7-9,20,22-24H2,1-6H3/t25-,26-,27-,35+/m0/s1. The first-order valence-electron chi connectivity index (χ1n) is 16.8. The summed E-state index contributed by atoms with van der Waals surface area (Å²) in [5.41, 5.74) is 0.254. The Hall–Kier alpha value is -3.89. The zero-order chi connectivity index (χ0) is 37.3. The number of ether oxygens (including phenoxy) is 4. The van der Waals surface area contributed by atoms with Crippen LogP contribution >= 0.6 is 0 Å². The van der Waals surface area contributed by atoms with Crippen LogP contribution in [0.25, 0.3) is 0 Å². The monoisotopic (exact) mass is 747 g/mol. The van der Waals surface area contributed by atoms with Crippen LogP contribution in [0.15, 0.2) is 76.5 Å². The van der Waals surface area contributed by atoms with Crippen molar-refractivity contribution in [2.45, 2.75) is 68.1 Å². The third kappa shape index (κ3) is 10.1. The van der Waals surface area contributed by atoms with Crippen molar-refractivity contribution in [2.24, 2.45) is 5.92 Å². The van der Waals surface area contributed by atoms with E-state index in [1.807, 2.05) is 13.8 Å². The quantitative estimate of drug-likeness (QED) is 0.283. The van der Waals surface area contributed by atoms with E-state index in [-0.39, 0.29) is 58.5 Å². The molecule has 51 heavy (non-hydrogen) atoms. The van der Waals surface area contributed by atoms with Crippen LogP contribution in [-0.4, -0.2) is 103 Å². The molecule has 0 aliphatic carbocycles. The Kier molecular flexibility index (Phi) is 13.7. The summed E-state index contributed by atoms with van der Waals surface area (Å²) >= 11 is 0. The number of carbonyl (C=O) groups excluding carboxylic acids is 1. The molecule has 13 nitrogen and oxygen atoms in total. The normalized spacial score (nSPS) is 20.1. The highest BCUT2D eigenvalue weighted by atomic mass is 32.2. The van der Waals surface area contributed by atoms with Crippen LogP contribution in [0, 0.1) is 5.92 Å². The molecule has 280 valence electrons. The van der Waals surface area contributed by atoms with E-state index >= 15 is 0 Å². The molecule has 3 aromatic carbocycles. The second kappa shape index (κ2) is 17.6. The number of methoxy groups -OCH3 is 2. The highest BCUT2D eigenvalue weighted by Gasteiger charge is 2.32. The number of aliphatic hydroxyl groups excluding tert-OH is 1. The smallest absolute Gasteiger partial charge is 0.261 e. The molecule has 15 heteroatoms. The van der Waals surface area contributed by atoms with E-state index in [0.717, 1.165) is 6.42 Å². The van der Waals surface area contributed by atoms with Crippen LogP contribution in [-0.2, 0) is 24.8 Å². The van der Waals surface area contributed by atoms with E-state index in [2.05, 4.69) is 4.72 Å². The molecule has 0 radical (unpaired) electrons. The van der Waals surface area contributed by atoms with Gasteiger partial charge >= 0.3 is 0 Å². The fourth-order valence-corrected chi connectivity index (χ4v) is 7.93. The van der Waals surface area contributed by atoms with Gasteiger partial charge in [-0.15, -0.1) is 0 Å². The molecular weight excluding hydrogens is 699 g/mol. The van der Waals surface area contributed by atoms with Gasteiger partial charge in [-0.25, -0.2) is 16.8 Å². The lowest BCUT2D eigenvalue weighted by Gasteiger charge is -2.35. The number of carbonyl (C=O) groups is 1. The molecule has 1 amide bonds. The Bertz CT molecular complexity index is 1820. The van der Waals surface area contributed by atoms with Crippen molar-refractivity contribution < 1.29 is 45.7 Å². The SMILES string of the molecule is COc1ccc(S(=O)(=O)Nc2ccc3c(c2)C(=O)N([C@@H](C)CO)C[C@H](C)[C@@H](CN(C)S(=O)(=O)c2ccc(OC)cc2)OCCCC[C@H](C)O3)cc1. The summed E-state index contributed by atoms with van der Waals surface area (Å²) in [4.78, 5) is 16.0. The summed E-state index contributed by atoms with van der Waals surface area (Å²) in [6, 6.07) is 15.9. The molecule has 0 fully saturated rings. The molecule has 0 unspecified atom stereocenters. The zero-order valence-corrected chi connectivity index (χ0v) is 31.6. The van der Waals surface area contributed by atoms with Gasteiger partial charge in [0.1, 0.15) is 17.2 Å². The number of anilines is 1. The van der Waals surface area contributed by atoms with Crippen molar-refractivity contribution in [1.29, 1.82) is 0 Å². The molecule has 0 saturated carbocycles. The van der Waals surface area contributed by atoms with Crippen LogP contribution in [0.5, 0.6) is 17.2 Å². The summed E-state index contributed by atoms with van der Waals surface area (Å²) in [5, 5.41) is 10.3. The van der Waals surface area contributed by atoms with Crippen molar-refractivity contribution >= 4 is 31.6 Å². The molecule has 1 aliphatic rings. The Morgan fingerprint density at radius 2 is 1.55 bits per heavy atom. The summed E-state index contributed by atoms with van der Waals surface area (Å²) in [6.45, 7) is 5.58. The number of amides is 1. The first-order chi connectivity index (χ1) is 24.2. The number of hydrogen-bond donors (Lipinski definition) is 2. The molecule has 4 atom stereocenters. The molecule has 1 aliphatic heterocycles. The number of benzene rings is 3. The Morgan fingerprint density at radius 1 is 0.941 bits per heavy atom. The minimum Gasteiger partial charge on any atom is -0.497 e. The van der Waals surface area contributed by atoms with Crippen molar-refractivity contribution in [3.8, 4) is 17.2 Å². The van der Waals surface area contributed by atoms with E-state index < -0.39 is 38.1 Å². The average Bonchev–Trinajstić information content (AvgIpc) is 3.12. The molecular formula is C36H49N3O10S2. The predicted molar refractivity (Wildman–Crippen MR) is 193 cm³/mol. The van der Waals surface area contributed by atoms with Gasteiger partial charge in [-0.3, -0.25) is 9.52 Å². The molecule has 0 aromatic heterocycles. The first kappa shape index (κ1) is 39.9. The maximum Gasteiger partial charge on any atom is 0.261 e. The van der Waals surface area contributed by atoms with Crippen molar-refractivity contribution in [1.82, 2.24) is 9.21 Å². The maximum absolute atomic E-state index is 14.4. The van der Waals surface area contributed by atoms with Crippen LogP contribution in [0.3, 0.4) is 0 Å². The van der Waals surface area contributed by atoms with Gasteiger partial charge in [0.05, 0.1) is 54.4 Å². The Balaban J connectivity index is 1.66. The van der Waals surface area contributed by atoms with Gasteiger partial charge in [0.2, 0.25) is 10.0 Å². The van der Waals surface area contributed by atoms with E-state index in [1.165, 1.54) is 79.0 Å². The van der Waals surface area contributed by atoms with Crippen molar-refractivity contribution in [3.05, 3.63) is 72.3 Å². The van der Waals surface area contributed by atoms with E-state index in [9.17, 15) is 26.7 Å². The summed E-state index contributed by atoms with van der Waals surface area (Å²) in [6.07, 6.45) is 1.19. The minimum absolute atomic E-state index is 0.00829. The highest BCUT2D eigenvalue weighted by Crippen LogP contribution is 2.30. The van der Waals surface area contributed by atoms with Gasteiger partial charge in [0, 0.05) is 38.3 Å². The molecule has 0 bridgehead atoms. The fourth-order valence-electron chi connectivity index (χ4n) is 5.70. The van der Waals surface area contributed by atoms with Crippen LogP contribution < -0.4 is 18.9 Å². The number of hydrogen-bond acceptors (Lipinski definition) is 10. The first-order valence-corrected chi connectivity index (χ1v) is 19.7. The highest BCUT2D eigenvalue weighted by molar-refractivity contribution is 7.92. The number of fused-ring (bicyclic) bond motifs is 1. The second-order valence-corrected chi connectivity index (χ2v) is 16.5. The minimum atomic E-state index is -4.03. The molecule has 1 heterocycles. The van der Waals surface area contributed by atoms with Gasteiger partial charge < -0.3 is 29.0 Å². The molecule has 0 saturated heterocycles. The maximum atomic E-state index is 14.4. The van der Waals surface area contributed by atoms with E-state index in [4.69, 9.17) is 18.9 Å². The van der Waals surface area contributed by atoms with Crippen LogP contribution in [0.4, 0.5) is 5.69 Å². The fraction of sp³-hybridized carbons (Fsp3) is 0.472. The number of aliphatic hydroxyl groups is 1. The van der Waals surface area contributed by atoms with E-state index in [1.54, 1.807) is 25.1 Å². The molecule has 2 N–H and O–H groups in total. The van der Waals surface area contributed by atoms with Gasteiger partial charge in [0.25, 0.3) is 15.9 Å². The average molecular weight is 748 g/mol.